The van der Waals surface area contributed by atoms with Crippen molar-refractivity contribution in [3.8, 4) is 0 Å². The summed E-state index contributed by atoms with van der Waals surface area (Å²) in [7, 11) is 0. The van der Waals surface area contributed by atoms with Gasteiger partial charge in [-0.15, -0.1) is 0 Å². The summed E-state index contributed by atoms with van der Waals surface area (Å²) in [4.78, 5) is 21.9. The largest absolute Gasteiger partial charge is 0.468 e. The first-order valence-corrected chi connectivity index (χ1v) is 16.3. The van der Waals surface area contributed by atoms with Crippen molar-refractivity contribution < 1.29 is 19.1 Å². The van der Waals surface area contributed by atoms with Gasteiger partial charge in [-0.2, -0.15) is 0 Å². The molecule has 4 nitrogen and oxygen atoms in total. The fraction of sp³-hybridized carbons (Fsp3) is 0.824. The highest BCUT2D eigenvalue weighted by Gasteiger charge is 2.02. The van der Waals surface area contributed by atoms with Gasteiger partial charge < -0.3 is 9.47 Å². The van der Waals surface area contributed by atoms with E-state index in [1.165, 1.54) is 122 Å². The quantitative estimate of drug-likeness (QED) is 0.0384. The zero-order valence-electron chi connectivity index (χ0n) is 25.1. The van der Waals surface area contributed by atoms with E-state index in [9.17, 15) is 9.59 Å². The van der Waals surface area contributed by atoms with Crippen molar-refractivity contribution in [2.24, 2.45) is 0 Å². The summed E-state index contributed by atoms with van der Waals surface area (Å²) < 4.78 is 10.1. The lowest BCUT2D eigenvalue weighted by Crippen LogP contribution is -2.05. The van der Waals surface area contributed by atoms with E-state index in [1.54, 1.807) is 0 Å². The molecule has 38 heavy (non-hydrogen) atoms. The van der Waals surface area contributed by atoms with E-state index in [0.717, 1.165) is 32.1 Å². The highest BCUT2D eigenvalue weighted by Crippen LogP contribution is 2.13. The predicted octanol–water partition coefficient (Wildman–Crippen LogP) is 10.6. The average molecular weight is 535 g/mol. The Kier molecular flexibility index (Phi) is 32.1. The zero-order chi connectivity index (χ0) is 27.6. The van der Waals surface area contributed by atoms with Gasteiger partial charge in [0.1, 0.15) is 0 Å². The minimum absolute atomic E-state index is 0.00928. The summed E-state index contributed by atoms with van der Waals surface area (Å²) >= 11 is 0. The van der Waals surface area contributed by atoms with Gasteiger partial charge in [-0.25, -0.2) is 0 Å². The third kappa shape index (κ3) is 32.4. The molecule has 4 heteroatoms. The predicted molar refractivity (Wildman–Crippen MR) is 162 cm³/mol. The smallest absolute Gasteiger partial charge is 0.305 e. The van der Waals surface area contributed by atoms with Gasteiger partial charge in [0.25, 0.3) is 6.47 Å². The second kappa shape index (κ2) is 33.4. The van der Waals surface area contributed by atoms with E-state index in [1.807, 2.05) is 0 Å². The van der Waals surface area contributed by atoms with Gasteiger partial charge in [0.05, 0.1) is 13.2 Å². The lowest BCUT2D eigenvalue weighted by Gasteiger charge is -2.05. The van der Waals surface area contributed by atoms with Crippen LogP contribution in [0.25, 0.3) is 0 Å². The molecule has 0 unspecified atom stereocenters. The third-order valence-electron chi connectivity index (χ3n) is 7.07. The number of hydrogen-bond acceptors (Lipinski definition) is 4. The molecule has 0 amide bonds. The van der Waals surface area contributed by atoms with Gasteiger partial charge in [-0.05, 0) is 51.4 Å². The van der Waals surface area contributed by atoms with E-state index in [4.69, 9.17) is 9.47 Å². The molecule has 0 aromatic heterocycles. The van der Waals surface area contributed by atoms with Crippen molar-refractivity contribution in [1.29, 1.82) is 0 Å². The second-order valence-electron chi connectivity index (χ2n) is 10.8. The molecule has 0 bridgehead atoms. The number of carbonyl (C=O) groups is 2. The van der Waals surface area contributed by atoms with Crippen molar-refractivity contribution in [1.82, 2.24) is 0 Å². The van der Waals surface area contributed by atoms with E-state index < -0.39 is 0 Å². The molecule has 0 heterocycles. The number of hydrogen-bond donors (Lipinski definition) is 0. The average Bonchev–Trinajstić information content (AvgIpc) is 2.92. The van der Waals surface area contributed by atoms with E-state index in [-0.39, 0.29) is 5.97 Å². The Bertz CT molecular complexity index is 541. The molecule has 0 N–H and O–H groups in total. The van der Waals surface area contributed by atoms with Crippen molar-refractivity contribution in [3.05, 3.63) is 24.3 Å². The highest BCUT2D eigenvalue weighted by atomic mass is 16.5. The van der Waals surface area contributed by atoms with Gasteiger partial charge in [0.15, 0.2) is 0 Å². The summed E-state index contributed by atoms with van der Waals surface area (Å²) in [6, 6.07) is 0. The van der Waals surface area contributed by atoms with E-state index in [2.05, 4.69) is 31.2 Å². The molecule has 0 aliphatic carbocycles. The molecule has 0 fully saturated rings. The van der Waals surface area contributed by atoms with Crippen LogP contribution in [0, 0.1) is 0 Å². The number of unbranched alkanes of at least 4 members (excludes halogenated alkanes) is 20. The Morgan fingerprint density at radius 3 is 1.50 bits per heavy atom. The fourth-order valence-corrected chi connectivity index (χ4v) is 4.62. The number of esters is 1. The Labute approximate surface area is 236 Å². The van der Waals surface area contributed by atoms with E-state index >= 15 is 0 Å². The minimum Gasteiger partial charge on any atom is -0.468 e. The summed E-state index contributed by atoms with van der Waals surface area (Å²) in [6.07, 6.45) is 39.2. The van der Waals surface area contributed by atoms with E-state index in [0.29, 0.717) is 26.1 Å². The Morgan fingerprint density at radius 2 is 0.974 bits per heavy atom. The number of allylic oxidation sites excluding steroid dienone is 4. The van der Waals surface area contributed by atoms with Crippen LogP contribution >= 0.6 is 0 Å². The molecule has 0 aromatic rings. The first-order chi connectivity index (χ1) is 18.8. The Balaban J connectivity index is 3.22. The summed E-state index contributed by atoms with van der Waals surface area (Å²) in [6.45, 7) is 3.95. The molecular weight excluding hydrogens is 472 g/mol. The van der Waals surface area contributed by atoms with Crippen LogP contribution in [0.4, 0.5) is 0 Å². The van der Waals surface area contributed by atoms with Gasteiger partial charge in [0.2, 0.25) is 0 Å². The molecule has 0 saturated heterocycles. The Morgan fingerprint density at radius 1 is 0.526 bits per heavy atom. The molecule has 0 aliphatic heterocycles. The Hall–Kier alpha value is -1.58. The lowest BCUT2D eigenvalue weighted by molar-refractivity contribution is -0.143. The van der Waals surface area contributed by atoms with Gasteiger partial charge in [-0.1, -0.05) is 134 Å². The second-order valence-corrected chi connectivity index (χ2v) is 10.8. The standard InChI is InChI=1S/C34H62O4/c1-2-3-4-5-6-7-8-9-10-12-15-18-21-24-27-30-34(36)38-32-29-26-23-20-17-14-11-13-16-19-22-25-28-31-37-33-35/h6-7,9-10,33H,2-5,8,11-32H2,1H3/b7-6-,10-9-. The molecule has 0 spiro atoms. The van der Waals surface area contributed by atoms with Crippen LogP contribution in [0.15, 0.2) is 24.3 Å². The van der Waals surface area contributed by atoms with Crippen LogP contribution in [0.5, 0.6) is 0 Å². The van der Waals surface area contributed by atoms with Gasteiger partial charge in [-0.3, -0.25) is 9.59 Å². The molecule has 0 atom stereocenters. The first-order valence-electron chi connectivity index (χ1n) is 16.3. The molecule has 0 radical (unpaired) electrons. The fourth-order valence-electron chi connectivity index (χ4n) is 4.62. The summed E-state index contributed by atoms with van der Waals surface area (Å²) in [5, 5.41) is 0. The van der Waals surface area contributed by atoms with Crippen LogP contribution in [0.2, 0.25) is 0 Å². The van der Waals surface area contributed by atoms with Gasteiger partial charge in [0, 0.05) is 6.42 Å². The van der Waals surface area contributed by atoms with Crippen LogP contribution < -0.4 is 0 Å². The molecule has 0 aromatic carbocycles. The minimum atomic E-state index is -0.00928. The summed E-state index contributed by atoms with van der Waals surface area (Å²) in [5.41, 5.74) is 0. The van der Waals surface area contributed by atoms with Crippen LogP contribution in [-0.2, 0) is 19.1 Å². The first kappa shape index (κ1) is 36.4. The zero-order valence-corrected chi connectivity index (χ0v) is 25.1. The lowest BCUT2D eigenvalue weighted by atomic mass is 10.0. The molecule has 0 saturated carbocycles. The molecule has 0 aliphatic rings. The molecular formula is C34H62O4. The third-order valence-corrected chi connectivity index (χ3v) is 7.07. The normalized spacial score (nSPS) is 11.5. The van der Waals surface area contributed by atoms with Crippen LogP contribution in [0.1, 0.15) is 167 Å². The maximum absolute atomic E-state index is 11.9. The van der Waals surface area contributed by atoms with Crippen molar-refractivity contribution in [2.75, 3.05) is 13.2 Å². The van der Waals surface area contributed by atoms with Crippen molar-refractivity contribution >= 4 is 12.4 Å². The molecule has 222 valence electrons. The highest BCUT2D eigenvalue weighted by molar-refractivity contribution is 5.69. The maximum atomic E-state index is 11.9. The topological polar surface area (TPSA) is 52.6 Å². The summed E-state index contributed by atoms with van der Waals surface area (Å²) in [5.74, 6) is -0.00928. The number of ether oxygens (including phenoxy) is 2. The van der Waals surface area contributed by atoms with Gasteiger partial charge >= 0.3 is 5.97 Å². The number of carbonyl (C=O) groups excluding carboxylic acids is 2. The monoisotopic (exact) mass is 534 g/mol. The van der Waals surface area contributed by atoms with Crippen LogP contribution in [0.3, 0.4) is 0 Å². The van der Waals surface area contributed by atoms with Crippen molar-refractivity contribution in [2.45, 2.75) is 167 Å². The SMILES string of the molecule is CCCCC/C=C\C/C=C\CCCCCCCC(=O)OCCCCCCCCCCCCCCCOC=O. The number of rotatable bonds is 31. The maximum Gasteiger partial charge on any atom is 0.305 e. The van der Waals surface area contributed by atoms with Crippen LogP contribution in [-0.4, -0.2) is 25.7 Å². The molecule has 0 rings (SSSR count). The van der Waals surface area contributed by atoms with Crippen molar-refractivity contribution in [3.63, 3.8) is 0 Å².